The van der Waals surface area contributed by atoms with Crippen molar-refractivity contribution in [3.05, 3.63) is 65.7 Å². The second-order valence-electron chi connectivity index (χ2n) is 15.1. The number of para-hydroxylation sites is 1. The molecule has 2 aromatic carbocycles. The normalized spacial score (nSPS) is 21.2. The Hall–Kier alpha value is -2.81. The molecule has 0 aromatic heterocycles. The van der Waals surface area contributed by atoms with Gasteiger partial charge in [-0.1, -0.05) is 83.0 Å². The summed E-state index contributed by atoms with van der Waals surface area (Å²) in [5.74, 6) is -0.597. The van der Waals surface area contributed by atoms with Crippen LogP contribution in [0, 0.1) is 17.8 Å². The Morgan fingerprint density at radius 1 is 0.913 bits per heavy atom. The van der Waals surface area contributed by atoms with Crippen LogP contribution in [0.25, 0.3) is 0 Å². The number of carbonyl (C=O) groups excluding carboxylic acids is 3. The van der Waals surface area contributed by atoms with Gasteiger partial charge in [-0.25, -0.2) is 9.69 Å². The molecule has 4 rings (SSSR count). The average molecular weight is 649 g/mol. The van der Waals surface area contributed by atoms with E-state index in [9.17, 15) is 14.4 Å². The van der Waals surface area contributed by atoms with E-state index >= 15 is 0 Å². The number of imide groups is 1. The maximum atomic E-state index is 13.4. The summed E-state index contributed by atoms with van der Waals surface area (Å²) in [6.07, 6.45) is 7.96. The molecule has 2 heterocycles. The first kappa shape index (κ1) is 36.0. The number of carbonyl (C=O) groups is 3. The van der Waals surface area contributed by atoms with E-state index < -0.39 is 14.3 Å². The van der Waals surface area contributed by atoms with Crippen molar-refractivity contribution in [1.82, 2.24) is 4.90 Å². The fraction of sp³-hybridized carbons (Fsp3) is 0.605. The first-order valence-corrected chi connectivity index (χ1v) is 20.3. The van der Waals surface area contributed by atoms with Gasteiger partial charge < -0.3 is 14.1 Å². The lowest BCUT2D eigenvalue weighted by atomic mass is 9.86. The lowest BCUT2D eigenvalue weighted by Gasteiger charge is -2.38. The van der Waals surface area contributed by atoms with E-state index in [0.717, 1.165) is 56.8 Å². The molecule has 0 saturated carbocycles. The zero-order valence-electron chi connectivity index (χ0n) is 29.1. The van der Waals surface area contributed by atoms with Crippen molar-refractivity contribution >= 4 is 31.8 Å². The lowest BCUT2D eigenvalue weighted by Crippen LogP contribution is -2.42. The number of hydrogen-bond acceptors (Lipinski definition) is 6. The van der Waals surface area contributed by atoms with E-state index in [4.69, 9.17) is 9.16 Å². The number of esters is 1. The van der Waals surface area contributed by atoms with Crippen LogP contribution in [0.2, 0.25) is 18.1 Å². The third kappa shape index (κ3) is 9.85. The lowest BCUT2D eigenvalue weighted by molar-refractivity contribution is -0.122. The van der Waals surface area contributed by atoms with Crippen LogP contribution in [-0.4, -0.2) is 63.8 Å². The first-order chi connectivity index (χ1) is 21.9. The van der Waals surface area contributed by atoms with Gasteiger partial charge in [-0.3, -0.25) is 9.59 Å². The monoisotopic (exact) mass is 648 g/mol. The summed E-state index contributed by atoms with van der Waals surface area (Å²) in [5.41, 5.74) is 1.96. The van der Waals surface area contributed by atoms with Crippen molar-refractivity contribution in [1.29, 1.82) is 0 Å². The van der Waals surface area contributed by atoms with Crippen LogP contribution in [0.3, 0.4) is 0 Å². The number of ether oxygens (including phenoxy) is 1. The van der Waals surface area contributed by atoms with E-state index in [0.29, 0.717) is 18.2 Å². The standard InChI is InChI=1S/C38H56N2O5Si/c1-29-24-35(41)40(36(29)42)34-21-13-12-20-33(34)37(43)44-28-32-25-31(18-11-8-14-23-45-46(5,6)38(2,3)4)26-39(27-32)22-15-19-30-16-9-7-10-17-30/h7,9-10,12-13,16-17,20-21,29,31-32H,8,11,14-15,18-19,22-28H2,1-6H3/t29?,31-,32+/m0/s1. The number of aryl methyl sites for hydroxylation is 1. The molecule has 46 heavy (non-hydrogen) atoms. The van der Waals surface area contributed by atoms with E-state index in [1.54, 1.807) is 31.2 Å². The van der Waals surface area contributed by atoms with Crippen molar-refractivity contribution in [3.8, 4) is 0 Å². The molecule has 2 aliphatic rings. The number of amides is 2. The van der Waals surface area contributed by atoms with Gasteiger partial charge in [0, 0.05) is 38.0 Å². The summed E-state index contributed by atoms with van der Waals surface area (Å²) in [4.78, 5) is 42.4. The van der Waals surface area contributed by atoms with Crippen LogP contribution in [-0.2, 0) is 25.2 Å². The first-order valence-electron chi connectivity index (χ1n) is 17.4. The molecule has 7 nitrogen and oxygen atoms in total. The quantitative estimate of drug-likeness (QED) is 0.0846. The molecular weight excluding hydrogens is 593 g/mol. The highest BCUT2D eigenvalue weighted by molar-refractivity contribution is 6.74. The second-order valence-corrected chi connectivity index (χ2v) is 19.9. The van der Waals surface area contributed by atoms with E-state index in [1.807, 2.05) is 0 Å². The van der Waals surface area contributed by atoms with E-state index in [2.05, 4.69) is 69.1 Å². The Bertz CT molecular complexity index is 1310. The molecule has 2 saturated heterocycles. The summed E-state index contributed by atoms with van der Waals surface area (Å²) < 4.78 is 12.3. The predicted octanol–water partition coefficient (Wildman–Crippen LogP) is 7.90. The fourth-order valence-electron chi connectivity index (χ4n) is 6.49. The zero-order chi connectivity index (χ0) is 33.3. The Labute approximate surface area is 278 Å². The highest BCUT2D eigenvalue weighted by Crippen LogP contribution is 2.37. The molecule has 2 fully saturated rings. The van der Waals surface area contributed by atoms with Crippen LogP contribution in [0.5, 0.6) is 0 Å². The van der Waals surface area contributed by atoms with E-state index in [-0.39, 0.29) is 40.7 Å². The SMILES string of the molecule is CC1CC(=O)N(c2ccccc2C(=O)OC[C@@H]2C[C@H](CCCCCO[Si](C)(C)C(C)(C)C)CN(CCCc3ccccc3)C2)C1=O. The van der Waals surface area contributed by atoms with Gasteiger partial charge in [-0.05, 0) is 80.4 Å². The predicted molar refractivity (Wildman–Crippen MR) is 187 cm³/mol. The topological polar surface area (TPSA) is 76.2 Å². The Balaban J connectivity index is 1.32. The Kier molecular flexibility index (Phi) is 12.8. The van der Waals surface area contributed by atoms with Gasteiger partial charge >= 0.3 is 5.97 Å². The van der Waals surface area contributed by atoms with Crippen LogP contribution in [0.4, 0.5) is 5.69 Å². The number of nitrogens with zero attached hydrogens (tertiary/aromatic N) is 2. The minimum Gasteiger partial charge on any atom is -0.462 e. The summed E-state index contributed by atoms with van der Waals surface area (Å²) in [7, 11) is -1.70. The van der Waals surface area contributed by atoms with Crippen LogP contribution >= 0.6 is 0 Å². The third-order valence-corrected chi connectivity index (χ3v) is 14.7. The van der Waals surface area contributed by atoms with Crippen LogP contribution in [0.1, 0.15) is 88.6 Å². The van der Waals surface area contributed by atoms with Crippen LogP contribution in [0.15, 0.2) is 54.6 Å². The molecule has 2 amide bonds. The van der Waals surface area contributed by atoms with Gasteiger partial charge in [0.25, 0.3) is 0 Å². The fourth-order valence-corrected chi connectivity index (χ4v) is 7.58. The molecule has 0 radical (unpaired) electrons. The second kappa shape index (κ2) is 16.3. The molecule has 1 unspecified atom stereocenters. The van der Waals surface area contributed by atoms with E-state index in [1.165, 1.54) is 24.8 Å². The number of benzene rings is 2. The van der Waals surface area contributed by atoms with Gasteiger partial charge in [0.1, 0.15) is 0 Å². The maximum Gasteiger partial charge on any atom is 0.340 e. The van der Waals surface area contributed by atoms with Gasteiger partial charge in [0.2, 0.25) is 11.8 Å². The molecular formula is C38H56N2O5Si. The number of hydrogen-bond donors (Lipinski definition) is 0. The highest BCUT2D eigenvalue weighted by Gasteiger charge is 2.39. The summed E-state index contributed by atoms with van der Waals surface area (Å²) in [6, 6.07) is 17.4. The van der Waals surface area contributed by atoms with Crippen LogP contribution < -0.4 is 4.90 Å². The van der Waals surface area contributed by atoms with Crippen molar-refractivity contribution in [2.75, 3.05) is 37.7 Å². The van der Waals surface area contributed by atoms with Crippen molar-refractivity contribution in [3.63, 3.8) is 0 Å². The number of piperidine rings is 1. The highest BCUT2D eigenvalue weighted by atomic mass is 28.4. The average Bonchev–Trinajstić information content (AvgIpc) is 3.27. The van der Waals surface area contributed by atoms with Gasteiger partial charge in [-0.2, -0.15) is 0 Å². The minimum absolute atomic E-state index is 0.162. The van der Waals surface area contributed by atoms with Gasteiger partial charge in [0.15, 0.2) is 8.32 Å². The number of anilines is 1. The van der Waals surface area contributed by atoms with Crippen molar-refractivity contribution in [2.45, 2.75) is 97.2 Å². The molecule has 252 valence electrons. The zero-order valence-corrected chi connectivity index (χ0v) is 30.1. The minimum atomic E-state index is -1.70. The molecule has 0 bridgehead atoms. The molecule has 0 aliphatic carbocycles. The molecule has 2 aromatic rings. The summed E-state index contributed by atoms with van der Waals surface area (Å²) in [6.45, 7) is 17.4. The summed E-state index contributed by atoms with van der Waals surface area (Å²) in [5, 5.41) is 0.237. The molecule has 3 atom stereocenters. The van der Waals surface area contributed by atoms with Crippen molar-refractivity contribution < 1.29 is 23.5 Å². The number of likely N-dealkylation sites (tertiary alicyclic amines) is 1. The third-order valence-electron chi connectivity index (χ3n) is 10.2. The number of unbranched alkanes of at least 4 members (excludes halogenated alkanes) is 2. The number of rotatable bonds is 15. The molecule has 0 N–H and O–H groups in total. The smallest absolute Gasteiger partial charge is 0.340 e. The Morgan fingerprint density at radius 3 is 2.30 bits per heavy atom. The van der Waals surface area contributed by atoms with Gasteiger partial charge in [0.05, 0.1) is 17.9 Å². The van der Waals surface area contributed by atoms with Crippen molar-refractivity contribution in [2.24, 2.45) is 17.8 Å². The molecule has 2 aliphatic heterocycles. The maximum absolute atomic E-state index is 13.4. The molecule has 8 heteroatoms. The van der Waals surface area contributed by atoms with Gasteiger partial charge in [-0.15, -0.1) is 0 Å². The summed E-state index contributed by atoms with van der Waals surface area (Å²) >= 11 is 0. The molecule has 0 spiro atoms. The Morgan fingerprint density at radius 2 is 1.61 bits per heavy atom. The largest absolute Gasteiger partial charge is 0.462 e.